The molecule has 0 saturated carbocycles. The lowest BCUT2D eigenvalue weighted by atomic mass is 10.2. The zero-order valence-electron chi connectivity index (χ0n) is 9.88. The van der Waals surface area contributed by atoms with Crippen LogP contribution in [0.4, 0.5) is 18.9 Å². The van der Waals surface area contributed by atoms with E-state index in [1.54, 1.807) is 19.2 Å². The minimum Gasteiger partial charge on any atom is -0.406 e. The molecule has 2 nitrogen and oxygen atoms in total. The molecule has 0 bridgehead atoms. The number of alkyl halides is 3. The topological polar surface area (TPSA) is 21.6 Å². The Labute approximate surface area is 98.1 Å². The van der Waals surface area contributed by atoms with Crippen LogP contribution in [0.15, 0.2) is 23.2 Å². The van der Waals surface area contributed by atoms with Gasteiger partial charge in [0.1, 0.15) is 5.75 Å². The number of rotatable bonds is 3. The normalized spacial score (nSPS) is 12.4. The lowest BCUT2D eigenvalue weighted by Gasteiger charge is -2.10. The largest absolute Gasteiger partial charge is 0.573 e. The summed E-state index contributed by atoms with van der Waals surface area (Å²) >= 11 is 0. The highest BCUT2D eigenvalue weighted by Crippen LogP contribution is 2.28. The van der Waals surface area contributed by atoms with E-state index in [2.05, 4.69) is 9.73 Å². The van der Waals surface area contributed by atoms with Gasteiger partial charge < -0.3 is 4.74 Å². The van der Waals surface area contributed by atoms with E-state index in [1.807, 2.05) is 13.8 Å². The molecule has 0 spiro atoms. The Morgan fingerprint density at radius 1 is 1.29 bits per heavy atom. The molecule has 1 aromatic carbocycles. The molecule has 1 aromatic rings. The van der Waals surface area contributed by atoms with Gasteiger partial charge in [-0.15, -0.1) is 13.2 Å². The first-order valence-electron chi connectivity index (χ1n) is 5.18. The zero-order valence-corrected chi connectivity index (χ0v) is 9.88. The zero-order chi connectivity index (χ0) is 13.1. The molecule has 0 fully saturated rings. The Morgan fingerprint density at radius 2 is 1.94 bits per heavy atom. The van der Waals surface area contributed by atoms with Crippen LogP contribution in [0.1, 0.15) is 19.4 Å². The molecular weight excluding hydrogens is 231 g/mol. The molecule has 1 rings (SSSR count). The lowest BCUT2D eigenvalue weighted by molar-refractivity contribution is -0.274. The third-order valence-corrected chi connectivity index (χ3v) is 1.93. The van der Waals surface area contributed by atoms with Crippen LogP contribution in [0, 0.1) is 12.8 Å². The Balaban J connectivity index is 2.94. The van der Waals surface area contributed by atoms with Crippen molar-refractivity contribution in [1.29, 1.82) is 0 Å². The maximum absolute atomic E-state index is 12.0. The SMILES string of the molecule is Cc1ccc(OC(F)(F)F)cc1/N=C\C(C)C. The van der Waals surface area contributed by atoms with Crippen molar-refractivity contribution >= 4 is 11.9 Å². The number of nitrogens with zero attached hydrogens (tertiary/aromatic N) is 1. The standard InChI is InChI=1S/C12H14F3NO/c1-8(2)7-16-11-6-10(5-4-9(11)3)17-12(13,14)15/h4-8H,1-3H3/b16-7-. The Morgan fingerprint density at radius 3 is 2.47 bits per heavy atom. The number of hydrogen-bond acceptors (Lipinski definition) is 2. The molecule has 0 amide bonds. The van der Waals surface area contributed by atoms with Crippen LogP contribution in [0.2, 0.25) is 0 Å². The van der Waals surface area contributed by atoms with Gasteiger partial charge in [-0.2, -0.15) is 0 Å². The summed E-state index contributed by atoms with van der Waals surface area (Å²) in [5.74, 6) is -0.0133. The van der Waals surface area contributed by atoms with E-state index in [0.717, 1.165) is 5.56 Å². The summed E-state index contributed by atoms with van der Waals surface area (Å²) in [6.07, 6.45) is -2.99. The molecule has 17 heavy (non-hydrogen) atoms. The number of benzene rings is 1. The summed E-state index contributed by atoms with van der Waals surface area (Å²) in [4.78, 5) is 4.12. The van der Waals surface area contributed by atoms with Crippen molar-refractivity contribution in [1.82, 2.24) is 0 Å². The summed E-state index contributed by atoms with van der Waals surface area (Å²) in [6.45, 7) is 5.66. The van der Waals surface area contributed by atoms with Gasteiger partial charge in [-0.25, -0.2) is 0 Å². The van der Waals surface area contributed by atoms with E-state index in [9.17, 15) is 13.2 Å². The third-order valence-electron chi connectivity index (χ3n) is 1.93. The van der Waals surface area contributed by atoms with E-state index >= 15 is 0 Å². The molecule has 94 valence electrons. The summed E-state index contributed by atoms with van der Waals surface area (Å²) < 4.78 is 39.9. The average molecular weight is 245 g/mol. The van der Waals surface area contributed by atoms with Gasteiger partial charge in [-0.1, -0.05) is 19.9 Å². The Kier molecular flexibility index (Phi) is 4.15. The summed E-state index contributed by atoms with van der Waals surface area (Å²) in [7, 11) is 0. The van der Waals surface area contributed by atoms with Gasteiger partial charge in [0.05, 0.1) is 5.69 Å². The van der Waals surface area contributed by atoms with Gasteiger partial charge in [-0.05, 0) is 24.5 Å². The second-order valence-electron chi connectivity index (χ2n) is 4.02. The second-order valence-corrected chi connectivity index (χ2v) is 4.02. The predicted octanol–water partition coefficient (Wildman–Crippen LogP) is 4.25. The number of aliphatic imine (C=N–C) groups is 1. The van der Waals surface area contributed by atoms with Crippen LogP contribution < -0.4 is 4.74 Å². The summed E-state index contributed by atoms with van der Waals surface area (Å²) in [5, 5.41) is 0. The third kappa shape index (κ3) is 4.89. The van der Waals surface area contributed by atoms with Crippen LogP contribution in [0.3, 0.4) is 0 Å². The van der Waals surface area contributed by atoms with Gasteiger partial charge in [0.15, 0.2) is 0 Å². The van der Waals surface area contributed by atoms with E-state index < -0.39 is 6.36 Å². The second kappa shape index (κ2) is 5.21. The van der Waals surface area contributed by atoms with Crippen LogP contribution in [0.25, 0.3) is 0 Å². The van der Waals surface area contributed by atoms with Gasteiger partial charge in [-0.3, -0.25) is 4.99 Å². The molecule has 0 aliphatic heterocycles. The van der Waals surface area contributed by atoms with Crippen LogP contribution >= 0.6 is 0 Å². The van der Waals surface area contributed by atoms with Crippen molar-refractivity contribution in [2.45, 2.75) is 27.1 Å². The van der Waals surface area contributed by atoms with Crippen molar-refractivity contribution in [2.75, 3.05) is 0 Å². The number of hydrogen-bond donors (Lipinski definition) is 0. The molecule has 5 heteroatoms. The van der Waals surface area contributed by atoms with E-state index in [1.165, 1.54) is 12.1 Å². The smallest absolute Gasteiger partial charge is 0.406 e. The van der Waals surface area contributed by atoms with Crippen molar-refractivity contribution in [3.8, 4) is 5.75 Å². The molecule has 0 aliphatic carbocycles. The Hall–Kier alpha value is -1.52. The highest BCUT2D eigenvalue weighted by Gasteiger charge is 2.31. The number of halogens is 3. The summed E-state index contributed by atoms with van der Waals surface area (Å²) in [5.41, 5.74) is 1.29. The number of aryl methyl sites for hydroxylation is 1. The highest BCUT2D eigenvalue weighted by atomic mass is 19.4. The molecule has 0 unspecified atom stereocenters. The monoisotopic (exact) mass is 245 g/mol. The van der Waals surface area contributed by atoms with Crippen LogP contribution in [-0.4, -0.2) is 12.6 Å². The lowest BCUT2D eigenvalue weighted by Crippen LogP contribution is -2.17. The van der Waals surface area contributed by atoms with Gasteiger partial charge in [0, 0.05) is 12.3 Å². The molecule has 0 aliphatic rings. The first-order chi connectivity index (χ1) is 7.78. The van der Waals surface area contributed by atoms with Crippen molar-refractivity contribution in [2.24, 2.45) is 10.9 Å². The molecule has 0 N–H and O–H groups in total. The maximum atomic E-state index is 12.0. The van der Waals surface area contributed by atoms with Crippen molar-refractivity contribution in [3.63, 3.8) is 0 Å². The summed E-state index contributed by atoms with van der Waals surface area (Å²) in [6, 6.07) is 4.10. The van der Waals surface area contributed by atoms with Crippen LogP contribution in [-0.2, 0) is 0 Å². The van der Waals surface area contributed by atoms with Crippen molar-refractivity contribution < 1.29 is 17.9 Å². The van der Waals surface area contributed by atoms with Gasteiger partial charge in [0.2, 0.25) is 0 Å². The average Bonchev–Trinajstić information content (AvgIpc) is 2.16. The molecule has 0 saturated heterocycles. The first kappa shape index (κ1) is 13.5. The fourth-order valence-corrected chi connectivity index (χ4v) is 1.15. The Bertz CT molecular complexity index is 411. The predicted molar refractivity (Wildman–Crippen MR) is 60.9 cm³/mol. The quantitative estimate of drug-likeness (QED) is 0.729. The van der Waals surface area contributed by atoms with Crippen molar-refractivity contribution in [3.05, 3.63) is 23.8 Å². The fourth-order valence-electron chi connectivity index (χ4n) is 1.15. The van der Waals surface area contributed by atoms with Crippen LogP contribution in [0.5, 0.6) is 5.75 Å². The van der Waals surface area contributed by atoms with Gasteiger partial charge in [0.25, 0.3) is 0 Å². The molecule has 0 radical (unpaired) electrons. The number of ether oxygens (including phenoxy) is 1. The first-order valence-corrected chi connectivity index (χ1v) is 5.18. The highest BCUT2D eigenvalue weighted by molar-refractivity contribution is 5.67. The van der Waals surface area contributed by atoms with Gasteiger partial charge >= 0.3 is 6.36 Å². The minimum absolute atomic E-state index is 0.238. The van der Waals surface area contributed by atoms with E-state index in [-0.39, 0.29) is 11.7 Å². The minimum atomic E-state index is -4.67. The molecule has 0 atom stereocenters. The molecule has 0 heterocycles. The fraction of sp³-hybridized carbons (Fsp3) is 0.417. The van der Waals surface area contributed by atoms with E-state index in [0.29, 0.717) is 5.69 Å². The maximum Gasteiger partial charge on any atom is 0.573 e. The molecular formula is C12H14F3NO. The molecule has 0 aromatic heterocycles. The van der Waals surface area contributed by atoms with E-state index in [4.69, 9.17) is 0 Å².